The standard InChI is InChI=1S/C13H19NO2/c1-13(2,3)9-14-10-5-4-6-11-12(10)16-8-7-15-11/h4-6,14H,7-9H2,1-3H3. The fourth-order valence-electron chi connectivity index (χ4n) is 1.57. The van der Waals surface area contributed by atoms with E-state index in [2.05, 4.69) is 26.1 Å². The van der Waals surface area contributed by atoms with Gasteiger partial charge in [0, 0.05) is 6.54 Å². The zero-order valence-electron chi connectivity index (χ0n) is 10.2. The lowest BCUT2D eigenvalue weighted by molar-refractivity contribution is 0.172. The molecular weight excluding hydrogens is 202 g/mol. The average molecular weight is 221 g/mol. The van der Waals surface area contributed by atoms with E-state index in [1.54, 1.807) is 0 Å². The molecule has 3 heteroatoms. The molecule has 0 spiro atoms. The molecule has 0 radical (unpaired) electrons. The van der Waals surface area contributed by atoms with Gasteiger partial charge in [-0.25, -0.2) is 0 Å². The number of hydrogen-bond donors (Lipinski definition) is 1. The number of benzene rings is 1. The summed E-state index contributed by atoms with van der Waals surface area (Å²) in [5.74, 6) is 1.68. The third-order valence-corrected chi connectivity index (χ3v) is 2.38. The predicted molar refractivity (Wildman–Crippen MR) is 65.4 cm³/mol. The summed E-state index contributed by atoms with van der Waals surface area (Å²) in [5, 5.41) is 3.41. The summed E-state index contributed by atoms with van der Waals surface area (Å²) in [6, 6.07) is 5.95. The monoisotopic (exact) mass is 221 g/mol. The van der Waals surface area contributed by atoms with E-state index < -0.39 is 0 Å². The maximum atomic E-state index is 5.63. The second-order valence-corrected chi connectivity index (χ2v) is 5.24. The van der Waals surface area contributed by atoms with Gasteiger partial charge in [-0.1, -0.05) is 26.8 Å². The minimum absolute atomic E-state index is 0.248. The third kappa shape index (κ3) is 2.60. The molecule has 0 aliphatic carbocycles. The van der Waals surface area contributed by atoms with Gasteiger partial charge in [0.1, 0.15) is 13.2 Å². The Balaban J connectivity index is 2.15. The first-order valence-corrected chi connectivity index (χ1v) is 5.69. The molecule has 16 heavy (non-hydrogen) atoms. The predicted octanol–water partition coefficient (Wildman–Crippen LogP) is 2.92. The maximum Gasteiger partial charge on any atom is 0.184 e. The highest BCUT2D eigenvalue weighted by Crippen LogP contribution is 2.37. The van der Waals surface area contributed by atoms with E-state index in [1.807, 2.05) is 18.2 Å². The van der Waals surface area contributed by atoms with Gasteiger partial charge in [0.05, 0.1) is 5.69 Å². The summed E-state index contributed by atoms with van der Waals surface area (Å²) in [4.78, 5) is 0. The Morgan fingerprint density at radius 3 is 2.69 bits per heavy atom. The summed E-state index contributed by atoms with van der Waals surface area (Å²) in [6.45, 7) is 8.77. The Labute approximate surface area is 96.8 Å². The van der Waals surface area contributed by atoms with Gasteiger partial charge < -0.3 is 14.8 Å². The van der Waals surface area contributed by atoms with Crippen LogP contribution in [0.15, 0.2) is 18.2 Å². The SMILES string of the molecule is CC(C)(C)CNc1cccc2c1OCCO2. The smallest absolute Gasteiger partial charge is 0.184 e. The van der Waals surface area contributed by atoms with Crippen molar-refractivity contribution >= 4 is 5.69 Å². The number of ether oxygens (including phenoxy) is 2. The van der Waals surface area contributed by atoms with E-state index in [0.717, 1.165) is 23.7 Å². The third-order valence-electron chi connectivity index (χ3n) is 2.38. The van der Waals surface area contributed by atoms with Gasteiger partial charge in [-0.3, -0.25) is 0 Å². The van der Waals surface area contributed by atoms with Crippen molar-refractivity contribution in [2.45, 2.75) is 20.8 Å². The van der Waals surface area contributed by atoms with Crippen molar-refractivity contribution in [2.24, 2.45) is 5.41 Å². The normalized spacial score (nSPS) is 14.7. The van der Waals surface area contributed by atoms with Crippen molar-refractivity contribution in [3.05, 3.63) is 18.2 Å². The summed E-state index contributed by atoms with van der Waals surface area (Å²) in [5.41, 5.74) is 1.27. The van der Waals surface area contributed by atoms with Crippen LogP contribution >= 0.6 is 0 Å². The van der Waals surface area contributed by atoms with Crippen LogP contribution in [0.25, 0.3) is 0 Å². The summed E-state index contributed by atoms with van der Waals surface area (Å²) in [7, 11) is 0. The van der Waals surface area contributed by atoms with E-state index in [9.17, 15) is 0 Å². The molecule has 1 N–H and O–H groups in total. The van der Waals surface area contributed by atoms with Crippen molar-refractivity contribution in [1.82, 2.24) is 0 Å². The van der Waals surface area contributed by atoms with E-state index >= 15 is 0 Å². The highest BCUT2D eigenvalue weighted by molar-refractivity contribution is 5.63. The average Bonchev–Trinajstić information content (AvgIpc) is 2.25. The number of hydrogen-bond acceptors (Lipinski definition) is 3. The van der Waals surface area contributed by atoms with Gasteiger partial charge in [0.2, 0.25) is 0 Å². The zero-order valence-corrected chi connectivity index (χ0v) is 10.2. The fourth-order valence-corrected chi connectivity index (χ4v) is 1.57. The molecule has 1 aromatic rings. The first-order chi connectivity index (χ1) is 7.56. The van der Waals surface area contributed by atoms with Crippen molar-refractivity contribution < 1.29 is 9.47 Å². The second kappa shape index (κ2) is 4.24. The molecule has 3 nitrogen and oxygen atoms in total. The van der Waals surface area contributed by atoms with Crippen molar-refractivity contribution in [3.8, 4) is 11.5 Å². The van der Waals surface area contributed by atoms with Crippen LogP contribution in [0.5, 0.6) is 11.5 Å². The number of anilines is 1. The fraction of sp³-hybridized carbons (Fsp3) is 0.538. The molecule has 0 aromatic heterocycles. The molecule has 1 aromatic carbocycles. The van der Waals surface area contributed by atoms with Crippen molar-refractivity contribution in [2.75, 3.05) is 25.1 Å². The number of nitrogens with one attached hydrogen (secondary N) is 1. The Bertz CT molecular complexity index is 369. The van der Waals surface area contributed by atoms with Gasteiger partial charge in [-0.15, -0.1) is 0 Å². The summed E-state index contributed by atoms with van der Waals surface area (Å²) in [6.07, 6.45) is 0. The van der Waals surface area contributed by atoms with Crippen LogP contribution in [0.1, 0.15) is 20.8 Å². The molecule has 0 fully saturated rings. The molecule has 1 aliphatic heterocycles. The lowest BCUT2D eigenvalue weighted by atomic mass is 9.97. The van der Waals surface area contributed by atoms with E-state index in [-0.39, 0.29) is 5.41 Å². The molecule has 0 atom stereocenters. The lowest BCUT2D eigenvalue weighted by Crippen LogP contribution is -2.21. The number of fused-ring (bicyclic) bond motifs is 1. The Kier molecular flexibility index (Phi) is 2.95. The molecular formula is C13H19NO2. The van der Waals surface area contributed by atoms with Crippen molar-refractivity contribution in [3.63, 3.8) is 0 Å². The quantitative estimate of drug-likeness (QED) is 0.833. The van der Waals surface area contributed by atoms with Crippen LogP contribution in [0.2, 0.25) is 0 Å². The molecule has 88 valence electrons. The molecule has 0 saturated heterocycles. The summed E-state index contributed by atoms with van der Waals surface area (Å²) < 4.78 is 11.2. The van der Waals surface area contributed by atoms with Crippen LogP contribution in [-0.4, -0.2) is 19.8 Å². The number of para-hydroxylation sites is 1. The Morgan fingerprint density at radius 2 is 1.94 bits per heavy atom. The Morgan fingerprint density at radius 1 is 1.19 bits per heavy atom. The molecule has 0 amide bonds. The van der Waals surface area contributed by atoms with E-state index in [4.69, 9.17) is 9.47 Å². The van der Waals surface area contributed by atoms with E-state index in [0.29, 0.717) is 13.2 Å². The molecule has 2 rings (SSSR count). The highest BCUT2D eigenvalue weighted by Gasteiger charge is 2.17. The van der Waals surface area contributed by atoms with Crippen LogP contribution in [0.4, 0.5) is 5.69 Å². The van der Waals surface area contributed by atoms with Crippen LogP contribution in [-0.2, 0) is 0 Å². The van der Waals surface area contributed by atoms with Crippen LogP contribution in [0.3, 0.4) is 0 Å². The van der Waals surface area contributed by atoms with Crippen LogP contribution in [0, 0.1) is 5.41 Å². The van der Waals surface area contributed by atoms with Gasteiger partial charge in [0.15, 0.2) is 11.5 Å². The second-order valence-electron chi connectivity index (χ2n) is 5.24. The molecule has 1 aliphatic rings. The molecule has 1 heterocycles. The highest BCUT2D eigenvalue weighted by atomic mass is 16.6. The minimum atomic E-state index is 0.248. The molecule has 0 saturated carbocycles. The lowest BCUT2D eigenvalue weighted by Gasteiger charge is -2.24. The van der Waals surface area contributed by atoms with Gasteiger partial charge in [0.25, 0.3) is 0 Å². The Hall–Kier alpha value is -1.38. The first-order valence-electron chi connectivity index (χ1n) is 5.69. The topological polar surface area (TPSA) is 30.5 Å². The minimum Gasteiger partial charge on any atom is -0.486 e. The van der Waals surface area contributed by atoms with Crippen molar-refractivity contribution in [1.29, 1.82) is 0 Å². The number of rotatable bonds is 2. The maximum absolute atomic E-state index is 5.63. The molecule has 0 unspecified atom stereocenters. The van der Waals surface area contributed by atoms with E-state index in [1.165, 1.54) is 0 Å². The summed E-state index contributed by atoms with van der Waals surface area (Å²) >= 11 is 0. The molecule has 0 bridgehead atoms. The van der Waals surface area contributed by atoms with Crippen LogP contribution < -0.4 is 14.8 Å². The van der Waals surface area contributed by atoms with Gasteiger partial charge in [-0.2, -0.15) is 0 Å². The van der Waals surface area contributed by atoms with Gasteiger partial charge >= 0.3 is 0 Å². The zero-order chi connectivity index (χ0) is 11.6. The van der Waals surface area contributed by atoms with Gasteiger partial charge in [-0.05, 0) is 17.5 Å². The largest absolute Gasteiger partial charge is 0.486 e. The first kappa shape index (κ1) is 11.1.